The predicted molar refractivity (Wildman–Crippen MR) is 70.1 cm³/mol. The zero-order chi connectivity index (χ0) is 14.2. The number of amides is 1. The Hall–Kier alpha value is -1.62. The van der Waals surface area contributed by atoms with Gasteiger partial charge in [0, 0.05) is 12.6 Å². The Kier molecular flexibility index (Phi) is 3.49. The Balaban J connectivity index is 2.14. The molecule has 2 rings (SSSR count). The third-order valence-corrected chi connectivity index (χ3v) is 2.97. The zero-order valence-electron chi connectivity index (χ0n) is 11.4. The van der Waals surface area contributed by atoms with Crippen LogP contribution >= 0.6 is 0 Å². The molecule has 4 nitrogen and oxygen atoms in total. The number of nitrogens with two attached hydrogens (primary N) is 1. The van der Waals surface area contributed by atoms with Gasteiger partial charge in [-0.3, -0.25) is 4.90 Å². The van der Waals surface area contributed by atoms with Crippen molar-refractivity contribution >= 4 is 6.09 Å². The van der Waals surface area contributed by atoms with Crippen molar-refractivity contribution in [2.75, 3.05) is 6.54 Å². The molecule has 1 aliphatic heterocycles. The molecule has 5 heteroatoms. The van der Waals surface area contributed by atoms with Gasteiger partial charge >= 0.3 is 6.09 Å². The van der Waals surface area contributed by atoms with E-state index < -0.39 is 11.7 Å². The minimum atomic E-state index is -0.552. The highest BCUT2D eigenvalue weighted by atomic mass is 19.1. The highest BCUT2D eigenvalue weighted by Crippen LogP contribution is 2.33. The summed E-state index contributed by atoms with van der Waals surface area (Å²) in [5, 5.41) is 0. The van der Waals surface area contributed by atoms with E-state index in [4.69, 9.17) is 10.5 Å². The van der Waals surface area contributed by atoms with Crippen LogP contribution in [0.15, 0.2) is 24.3 Å². The second-order valence-electron chi connectivity index (χ2n) is 5.80. The average molecular weight is 266 g/mol. The highest BCUT2D eigenvalue weighted by molar-refractivity contribution is 5.70. The van der Waals surface area contributed by atoms with Crippen LogP contribution in [0.3, 0.4) is 0 Å². The molecule has 1 saturated heterocycles. The Morgan fingerprint density at radius 3 is 2.68 bits per heavy atom. The Morgan fingerprint density at radius 2 is 2.16 bits per heavy atom. The molecule has 0 radical (unpaired) electrons. The fourth-order valence-electron chi connectivity index (χ4n) is 2.16. The zero-order valence-corrected chi connectivity index (χ0v) is 11.4. The number of hydrogen-bond acceptors (Lipinski definition) is 3. The maximum absolute atomic E-state index is 13.2. The van der Waals surface area contributed by atoms with E-state index in [1.54, 1.807) is 12.1 Å². The average Bonchev–Trinajstić information content (AvgIpc) is 2.23. The van der Waals surface area contributed by atoms with Gasteiger partial charge in [0.05, 0.1) is 6.04 Å². The fourth-order valence-corrected chi connectivity index (χ4v) is 2.16. The highest BCUT2D eigenvalue weighted by Gasteiger charge is 2.42. The van der Waals surface area contributed by atoms with Gasteiger partial charge in [-0.05, 0) is 38.5 Å². The van der Waals surface area contributed by atoms with E-state index in [0.29, 0.717) is 12.1 Å². The van der Waals surface area contributed by atoms with Crippen molar-refractivity contribution in [1.82, 2.24) is 4.90 Å². The van der Waals surface area contributed by atoms with Crippen LogP contribution in [0.4, 0.5) is 9.18 Å². The van der Waals surface area contributed by atoms with E-state index in [9.17, 15) is 9.18 Å². The number of carbonyl (C=O) groups is 1. The molecule has 0 aliphatic carbocycles. The number of ether oxygens (including phenoxy) is 1. The topological polar surface area (TPSA) is 55.6 Å². The summed E-state index contributed by atoms with van der Waals surface area (Å²) >= 11 is 0. The van der Waals surface area contributed by atoms with Gasteiger partial charge in [0.2, 0.25) is 0 Å². The van der Waals surface area contributed by atoms with E-state index in [1.165, 1.54) is 17.0 Å². The van der Waals surface area contributed by atoms with Crippen LogP contribution in [-0.4, -0.2) is 29.2 Å². The van der Waals surface area contributed by atoms with E-state index in [1.807, 2.05) is 20.8 Å². The summed E-state index contributed by atoms with van der Waals surface area (Å²) in [5.41, 5.74) is 6.07. The molecule has 1 aliphatic rings. The van der Waals surface area contributed by atoms with Gasteiger partial charge in [-0.2, -0.15) is 0 Å². The van der Waals surface area contributed by atoms with Gasteiger partial charge in [0.1, 0.15) is 11.4 Å². The first-order valence-corrected chi connectivity index (χ1v) is 6.28. The summed E-state index contributed by atoms with van der Waals surface area (Å²) in [5.74, 6) is -0.333. The number of likely N-dealkylation sites (tertiary alicyclic amines) is 1. The predicted octanol–water partition coefficient (Wildman–Crippen LogP) is 2.44. The van der Waals surface area contributed by atoms with E-state index in [2.05, 4.69) is 0 Å². The molecular formula is C14H19FN2O2. The van der Waals surface area contributed by atoms with Gasteiger partial charge in [-0.1, -0.05) is 12.1 Å². The van der Waals surface area contributed by atoms with Gasteiger partial charge in [-0.25, -0.2) is 9.18 Å². The quantitative estimate of drug-likeness (QED) is 0.849. The Labute approximate surface area is 112 Å². The second-order valence-corrected chi connectivity index (χ2v) is 5.80. The molecule has 0 aromatic heterocycles. The molecule has 1 aromatic rings. The maximum atomic E-state index is 13.2. The van der Waals surface area contributed by atoms with Crippen LogP contribution in [-0.2, 0) is 4.74 Å². The second kappa shape index (κ2) is 4.81. The summed E-state index contributed by atoms with van der Waals surface area (Å²) in [6.45, 7) is 5.85. The number of rotatable bonds is 1. The molecule has 1 fully saturated rings. The SMILES string of the molecule is CC(C)(C)OC(=O)N1CC(N)C1c1cccc(F)c1. The maximum Gasteiger partial charge on any atom is 0.410 e. The van der Waals surface area contributed by atoms with Crippen molar-refractivity contribution in [3.8, 4) is 0 Å². The van der Waals surface area contributed by atoms with E-state index in [0.717, 1.165) is 0 Å². The number of hydrogen-bond donors (Lipinski definition) is 1. The summed E-state index contributed by atoms with van der Waals surface area (Å²) < 4.78 is 18.5. The van der Waals surface area contributed by atoms with Crippen LogP contribution in [0, 0.1) is 5.82 Å². The van der Waals surface area contributed by atoms with Crippen molar-refractivity contribution in [3.05, 3.63) is 35.6 Å². The number of carbonyl (C=O) groups excluding carboxylic acids is 1. The van der Waals surface area contributed by atoms with Gasteiger partial charge in [0.15, 0.2) is 0 Å². The molecule has 1 aromatic carbocycles. The summed E-state index contributed by atoms with van der Waals surface area (Å²) in [7, 11) is 0. The third kappa shape index (κ3) is 3.04. The van der Waals surface area contributed by atoms with Gasteiger partial charge in [-0.15, -0.1) is 0 Å². The summed E-state index contributed by atoms with van der Waals surface area (Å²) in [6, 6.07) is 5.65. The number of benzene rings is 1. The van der Waals surface area contributed by atoms with Crippen molar-refractivity contribution in [2.24, 2.45) is 5.73 Å². The molecule has 2 unspecified atom stereocenters. The normalized spacial score (nSPS) is 22.9. The van der Waals surface area contributed by atoms with Gasteiger partial charge < -0.3 is 10.5 Å². The summed E-state index contributed by atoms with van der Waals surface area (Å²) in [6.07, 6.45) is -0.413. The van der Waals surface area contributed by atoms with Crippen molar-refractivity contribution < 1.29 is 13.9 Å². The van der Waals surface area contributed by atoms with Crippen LogP contribution in [0.5, 0.6) is 0 Å². The molecule has 2 N–H and O–H groups in total. The first-order chi connectivity index (χ1) is 8.78. The molecular weight excluding hydrogens is 247 g/mol. The van der Waals surface area contributed by atoms with E-state index >= 15 is 0 Å². The Bertz CT molecular complexity index is 485. The van der Waals surface area contributed by atoms with E-state index in [-0.39, 0.29) is 17.9 Å². The third-order valence-electron chi connectivity index (χ3n) is 2.97. The van der Waals surface area contributed by atoms with Crippen LogP contribution in [0.2, 0.25) is 0 Å². The lowest BCUT2D eigenvalue weighted by Crippen LogP contribution is -2.60. The summed E-state index contributed by atoms with van der Waals surface area (Å²) in [4.78, 5) is 13.5. The largest absolute Gasteiger partial charge is 0.444 e. The lowest BCUT2D eigenvalue weighted by atomic mass is 9.90. The minimum Gasteiger partial charge on any atom is -0.444 e. The lowest BCUT2D eigenvalue weighted by Gasteiger charge is -2.46. The van der Waals surface area contributed by atoms with Crippen molar-refractivity contribution in [1.29, 1.82) is 0 Å². The first kappa shape index (κ1) is 13.8. The van der Waals surface area contributed by atoms with Gasteiger partial charge in [0.25, 0.3) is 0 Å². The minimum absolute atomic E-state index is 0.186. The molecule has 104 valence electrons. The monoisotopic (exact) mass is 266 g/mol. The van der Waals surface area contributed by atoms with Crippen molar-refractivity contribution in [3.63, 3.8) is 0 Å². The first-order valence-electron chi connectivity index (χ1n) is 6.28. The van der Waals surface area contributed by atoms with Crippen LogP contribution < -0.4 is 5.73 Å². The molecule has 1 amide bonds. The van der Waals surface area contributed by atoms with Crippen molar-refractivity contribution in [2.45, 2.75) is 38.5 Å². The molecule has 19 heavy (non-hydrogen) atoms. The molecule has 1 heterocycles. The number of nitrogens with zero attached hydrogens (tertiary/aromatic N) is 1. The molecule has 0 bridgehead atoms. The molecule has 2 atom stereocenters. The fraction of sp³-hybridized carbons (Fsp3) is 0.500. The Morgan fingerprint density at radius 1 is 1.47 bits per heavy atom. The standard InChI is InChI=1S/C14H19FN2O2/c1-14(2,3)19-13(18)17-8-11(16)12(17)9-5-4-6-10(15)7-9/h4-7,11-12H,8,16H2,1-3H3. The smallest absolute Gasteiger partial charge is 0.410 e. The van der Waals surface area contributed by atoms with Crippen LogP contribution in [0.25, 0.3) is 0 Å². The molecule has 0 spiro atoms. The molecule has 0 saturated carbocycles. The van der Waals surface area contributed by atoms with Crippen LogP contribution in [0.1, 0.15) is 32.4 Å². The number of halogens is 1. The lowest BCUT2D eigenvalue weighted by molar-refractivity contribution is -0.0134.